The number of amides is 2. The fourth-order valence-electron chi connectivity index (χ4n) is 4.33. The molecule has 0 radical (unpaired) electrons. The number of Topliss-reactive ketones (excluding diaryl/α,β-unsaturated/α-hetero) is 1. The Balaban J connectivity index is 1.69. The van der Waals surface area contributed by atoms with Crippen LogP contribution in [0, 0.1) is 23.7 Å². The van der Waals surface area contributed by atoms with Gasteiger partial charge in [-0.2, -0.15) is 0 Å². The van der Waals surface area contributed by atoms with Crippen LogP contribution in [0.3, 0.4) is 0 Å². The lowest BCUT2D eigenvalue weighted by molar-refractivity contribution is -0.144. The predicted octanol–water partition coefficient (Wildman–Crippen LogP) is 0.336. The van der Waals surface area contributed by atoms with Gasteiger partial charge in [0.05, 0.1) is 24.5 Å². The Kier molecular flexibility index (Phi) is 4.09. The lowest BCUT2D eigenvalue weighted by Crippen LogP contribution is -2.46. The average Bonchev–Trinajstić information content (AvgIpc) is 2.72. The first-order valence-electron chi connectivity index (χ1n) is 8.50. The van der Waals surface area contributed by atoms with Crippen LogP contribution in [0.2, 0.25) is 0 Å². The number of carbonyl (C=O) groups is 3. The van der Waals surface area contributed by atoms with Crippen LogP contribution in [0.1, 0.15) is 40.0 Å². The van der Waals surface area contributed by atoms with Crippen molar-refractivity contribution in [1.82, 2.24) is 10.2 Å². The summed E-state index contributed by atoms with van der Waals surface area (Å²) < 4.78 is 0. The summed E-state index contributed by atoms with van der Waals surface area (Å²) in [5.41, 5.74) is -0.139. The standard InChI is InChI=1S/C17H26N2O4/c1-17(2,3)18-7-10(20)8-19-15(22)13-9-4-5-11(12(21)6-9)14(13)16(19)23/h9-11,13-14,18,20H,4-8H2,1-3H3. The molecular formula is C17H26N2O4. The van der Waals surface area contributed by atoms with Gasteiger partial charge in [0, 0.05) is 24.4 Å². The highest BCUT2D eigenvalue weighted by Gasteiger charge is 2.60. The van der Waals surface area contributed by atoms with Gasteiger partial charge in [-0.25, -0.2) is 0 Å². The topological polar surface area (TPSA) is 86.7 Å². The molecule has 1 saturated heterocycles. The van der Waals surface area contributed by atoms with E-state index in [1.807, 2.05) is 20.8 Å². The van der Waals surface area contributed by atoms with Crippen LogP contribution in [-0.4, -0.2) is 52.3 Å². The highest BCUT2D eigenvalue weighted by atomic mass is 16.3. The van der Waals surface area contributed by atoms with Crippen molar-refractivity contribution in [2.75, 3.05) is 13.1 Å². The van der Waals surface area contributed by atoms with Gasteiger partial charge in [-0.3, -0.25) is 19.3 Å². The molecular weight excluding hydrogens is 296 g/mol. The third kappa shape index (κ3) is 2.94. The van der Waals surface area contributed by atoms with Crippen molar-refractivity contribution in [3.8, 4) is 0 Å². The molecule has 128 valence electrons. The number of hydrogen-bond donors (Lipinski definition) is 2. The van der Waals surface area contributed by atoms with Crippen molar-refractivity contribution < 1.29 is 19.5 Å². The molecule has 0 aromatic carbocycles. The largest absolute Gasteiger partial charge is 0.390 e. The van der Waals surface area contributed by atoms with Crippen molar-refractivity contribution in [3.63, 3.8) is 0 Å². The lowest BCUT2D eigenvalue weighted by Gasteiger charge is -2.41. The number of fused-ring (bicyclic) bond motifs is 2. The SMILES string of the molecule is CC(C)(C)NCC(O)CN1C(=O)C2C3CCC(C(=O)C3)C2C1=O. The van der Waals surface area contributed by atoms with Gasteiger partial charge in [-0.15, -0.1) is 0 Å². The van der Waals surface area contributed by atoms with E-state index in [9.17, 15) is 19.5 Å². The summed E-state index contributed by atoms with van der Waals surface area (Å²) >= 11 is 0. The van der Waals surface area contributed by atoms with Crippen molar-refractivity contribution in [2.24, 2.45) is 23.7 Å². The highest BCUT2D eigenvalue weighted by molar-refractivity contribution is 6.08. The van der Waals surface area contributed by atoms with Gasteiger partial charge in [-0.05, 0) is 39.5 Å². The van der Waals surface area contributed by atoms with Gasteiger partial charge in [0.1, 0.15) is 5.78 Å². The predicted molar refractivity (Wildman–Crippen MR) is 83.3 cm³/mol. The number of likely N-dealkylation sites (tertiary alicyclic amines) is 1. The fraction of sp³-hybridized carbons (Fsp3) is 0.824. The average molecular weight is 322 g/mol. The van der Waals surface area contributed by atoms with Crippen LogP contribution < -0.4 is 5.32 Å². The van der Waals surface area contributed by atoms with E-state index in [1.54, 1.807) is 0 Å². The van der Waals surface area contributed by atoms with E-state index in [0.29, 0.717) is 13.0 Å². The van der Waals surface area contributed by atoms with Crippen LogP contribution in [0.4, 0.5) is 0 Å². The summed E-state index contributed by atoms with van der Waals surface area (Å²) in [6, 6.07) is 0. The number of carbonyl (C=O) groups excluding carboxylic acids is 3. The smallest absolute Gasteiger partial charge is 0.233 e. The number of ketones is 1. The second-order valence-electron chi connectivity index (χ2n) is 8.24. The Labute approximate surface area is 136 Å². The zero-order valence-electron chi connectivity index (χ0n) is 14.0. The minimum Gasteiger partial charge on any atom is -0.390 e. The third-order valence-corrected chi connectivity index (χ3v) is 5.42. The van der Waals surface area contributed by atoms with E-state index in [0.717, 1.165) is 12.8 Å². The Morgan fingerprint density at radius 2 is 1.83 bits per heavy atom. The molecule has 5 unspecified atom stereocenters. The molecule has 2 bridgehead atoms. The molecule has 6 heteroatoms. The van der Waals surface area contributed by atoms with Gasteiger partial charge >= 0.3 is 0 Å². The molecule has 1 aliphatic heterocycles. The zero-order valence-corrected chi connectivity index (χ0v) is 14.0. The molecule has 23 heavy (non-hydrogen) atoms. The highest BCUT2D eigenvalue weighted by Crippen LogP contribution is 2.51. The quantitative estimate of drug-likeness (QED) is 0.729. The number of hydrogen-bond acceptors (Lipinski definition) is 5. The number of aliphatic hydroxyl groups excluding tert-OH is 1. The van der Waals surface area contributed by atoms with Crippen molar-refractivity contribution >= 4 is 17.6 Å². The molecule has 4 fully saturated rings. The number of β-amino-alcohol motifs (C(OH)–C–C–N with tert-alkyl or cyclic N) is 1. The van der Waals surface area contributed by atoms with Crippen LogP contribution in [-0.2, 0) is 14.4 Å². The molecule has 0 aromatic heterocycles. The van der Waals surface area contributed by atoms with Crippen molar-refractivity contribution in [2.45, 2.75) is 51.7 Å². The Morgan fingerprint density at radius 3 is 2.43 bits per heavy atom. The van der Waals surface area contributed by atoms with Crippen LogP contribution in [0.25, 0.3) is 0 Å². The molecule has 1 heterocycles. The number of nitrogens with zero attached hydrogens (tertiary/aromatic N) is 1. The number of imide groups is 1. The molecule has 4 rings (SSSR count). The fourth-order valence-corrected chi connectivity index (χ4v) is 4.33. The molecule has 6 nitrogen and oxygen atoms in total. The summed E-state index contributed by atoms with van der Waals surface area (Å²) in [7, 11) is 0. The van der Waals surface area contributed by atoms with Gasteiger partial charge in [0.15, 0.2) is 0 Å². The lowest BCUT2D eigenvalue weighted by atomic mass is 9.59. The molecule has 0 spiro atoms. The van der Waals surface area contributed by atoms with Gasteiger partial charge < -0.3 is 10.4 Å². The maximum absolute atomic E-state index is 12.6. The molecule has 4 aliphatic rings. The van der Waals surface area contributed by atoms with E-state index in [1.165, 1.54) is 4.90 Å². The molecule has 0 aromatic rings. The first kappa shape index (κ1) is 16.6. The van der Waals surface area contributed by atoms with Crippen LogP contribution in [0.5, 0.6) is 0 Å². The minimum atomic E-state index is -0.796. The maximum Gasteiger partial charge on any atom is 0.233 e. The first-order valence-corrected chi connectivity index (χ1v) is 8.50. The second-order valence-corrected chi connectivity index (χ2v) is 8.24. The second kappa shape index (κ2) is 5.67. The monoisotopic (exact) mass is 322 g/mol. The minimum absolute atomic E-state index is 0.0153. The molecule has 5 atom stereocenters. The van der Waals surface area contributed by atoms with E-state index in [2.05, 4.69) is 5.32 Å². The van der Waals surface area contributed by atoms with Gasteiger partial charge in [0.25, 0.3) is 0 Å². The summed E-state index contributed by atoms with van der Waals surface area (Å²) in [5.74, 6) is -1.36. The van der Waals surface area contributed by atoms with E-state index < -0.39 is 12.0 Å². The van der Waals surface area contributed by atoms with Gasteiger partial charge in [-0.1, -0.05) is 0 Å². The van der Waals surface area contributed by atoms with Crippen molar-refractivity contribution in [1.29, 1.82) is 0 Å². The molecule has 3 aliphatic carbocycles. The first-order chi connectivity index (χ1) is 10.7. The Bertz CT molecular complexity index is 539. The van der Waals surface area contributed by atoms with E-state index in [4.69, 9.17) is 0 Å². The number of rotatable bonds is 4. The zero-order chi connectivity index (χ0) is 16.9. The summed E-state index contributed by atoms with van der Waals surface area (Å²) in [4.78, 5) is 38.5. The molecule has 3 saturated carbocycles. The van der Waals surface area contributed by atoms with Crippen LogP contribution >= 0.6 is 0 Å². The van der Waals surface area contributed by atoms with E-state index >= 15 is 0 Å². The number of aliphatic hydroxyl groups is 1. The molecule has 2 amide bonds. The summed E-state index contributed by atoms with van der Waals surface area (Å²) in [5, 5.41) is 13.3. The van der Waals surface area contributed by atoms with Gasteiger partial charge in [0.2, 0.25) is 11.8 Å². The van der Waals surface area contributed by atoms with Crippen LogP contribution in [0.15, 0.2) is 0 Å². The Hall–Kier alpha value is -1.27. The van der Waals surface area contributed by atoms with E-state index in [-0.39, 0.29) is 47.4 Å². The summed E-state index contributed by atoms with van der Waals surface area (Å²) in [6.45, 7) is 6.31. The normalized spacial score (nSPS) is 35.0. The Morgan fingerprint density at radius 1 is 1.17 bits per heavy atom. The molecule has 2 N–H and O–H groups in total. The maximum atomic E-state index is 12.6. The third-order valence-electron chi connectivity index (χ3n) is 5.42. The van der Waals surface area contributed by atoms with Crippen molar-refractivity contribution in [3.05, 3.63) is 0 Å². The summed E-state index contributed by atoms with van der Waals surface area (Å²) in [6.07, 6.45) is 1.23. The number of nitrogens with one attached hydrogen (secondary N) is 1.